The molecule has 0 saturated heterocycles. The van der Waals surface area contributed by atoms with Gasteiger partial charge in [0.05, 0.1) is 0 Å². The minimum atomic E-state index is 0.736. The molecule has 16 heavy (non-hydrogen) atoms. The summed E-state index contributed by atoms with van der Waals surface area (Å²) in [6.45, 7) is 6.10. The molecule has 0 atom stereocenters. The topological polar surface area (TPSA) is 49.8 Å². The van der Waals surface area contributed by atoms with Crippen molar-refractivity contribution in [1.82, 2.24) is 9.97 Å². The van der Waals surface area contributed by atoms with Crippen molar-refractivity contribution in [3.05, 3.63) is 11.8 Å². The number of aromatic nitrogens is 2. The molecule has 1 aromatic heterocycles. The minimum Gasteiger partial charge on any atom is -0.370 e. The lowest BCUT2D eigenvalue weighted by atomic mass is 10.4. The van der Waals surface area contributed by atoms with Gasteiger partial charge in [0.1, 0.15) is 5.82 Å². The van der Waals surface area contributed by atoms with Crippen molar-refractivity contribution in [1.29, 1.82) is 0 Å². The Morgan fingerprint density at radius 2 is 2.12 bits per heavy atom. The van der Waals surface area contributed by atoms with Crippen LogP contribution in [0.4, 0.5) is 11.8 Å². The third kappa shape index (κ3) is 3.36. The molecule has 0 aliphatic heterocycles. The summed E-state index contributed by atoms with van der Waals surface area (Å²) in [5, 5.41) is 6.59. The number of nitrogens with one attached hydrogen (secondary N) is 2. The van der Waals surface area contributed by atoms with E-state index in [2.05, 4.69) is 27.5 Å². The standard InChI is InChI=1S/C12H20N4/c1-3-6-13-12-15-9(2)7-11(16-12)14-8-10-4-5-10/h7,10H,3-6,8H2,1-2H3,(H2,13,14,15,16). The van der Waals surface area contributed by atoms with Gasteiger partial charge in [-0.2, -0.15) is 4.98 Å². The fraction of sp³-hybridized carbons (Fsp3) is 0.667. The van der Waals surface area contributed by atoms with Crippen LogP contribution in [0.1, 0.15) is 31.9 Å². The second kappa shape index (κ2) is 5.14. The van der Waals surface area contributed by atoms with Crippen LogP contribution in [0.15, 0.2) is 6.07 Å². The van der Waals surface area contributed by atoms with Crippen LogP contribution in [0.3, 0.4) is 0 Å². The van der Waals surface area contributed by atoms with Crippen molar-refractivity contribution >= 4 is 11.8 Å². The van der Waals surface area contributed by atoms with Crippen molar-refractivity contribution in [2.45, 2.75) is 33.1 Å². The summed E-state index contributed by atoms with van der Waals surface area (Å²) >= 11 is 0. The van der Waals surface area contributed by atoms with Crippen molar-refractivity contribution < 1.29 is 0 Å². The molecule has 88 valence electrons. The number of hydrogen-bond donors (Lipinski definition) is 2. The molecule has 0 radical (unpaired) electrons. The van der Waals surface area contributed by atoms with Crippen molar-refractivity contribution in [2.24, 2.45) is 5.92 Å². The average Bonchev–Trinajstić information content (AvgIpc) is 3.07. The van der Waals surface area contributed by atoms with Crippen LogP contribution >= 0.6 is 0 Å². The molecular weight excluding hydrogens is 200 g/mol. The summed E-state index contributed by atoms with van der Waals surface area (Å²) in [5.41, 5.74) is 1.01. The maximum Gasteiger partial charge on any atom is 0.224 e. The van der Waals surface area contributed by atoms with Gasteiger partial charge >= 0.3 is 0 Å². The summed E-state index contributed by atoms with van der Waals surface area (Å²) < 4.78 is 0. The molecule has 1 aromatic rings. The molecule has 0 bridgehead atoms. The van der Waals surface area contributed by atoms with Crippen LogP contribution < -0.4 is 10.6 Å². The highest BCUT2D eigenvalue weighted by Gasteiger charge is 2.20. The second-order valence-corrected chi connectivity index (χ2v) is 4.47. The molecule has 0 unspecified atom stereocenters. The first-order chi connectivity index (χ1) is 7.78. The molecule has 0 aromatic carbocycles. The Morgan fingerprint density at radius 1 is 1.31 bits per heavy atom. The van der Waals surface area contributed by atoms with E-state index in [1.165, 1.54) is 12.8 Å². The normalized spacial score (nSPS) is 14.9. The molecule has 2 N–H and O–H groups in total. The Labute approximate surface area is 96.9 Å². The monoisotopic (exact) mass is 220 g/mol. The Kier molecular flexibility index (Phi) is 3.59. The fourth-order valence-corrected chi connectivity index (χ4v) is 1.55. The lowest BCUT2D eigenvalue weighted by Gasteiger charge is -2.08. The van der Waals surface area contributed by atoms with Crippen LogP contribution in [0, 0.1) is 12.8 Å². The smallest absolute Gasteiger partial charge is 0.224 e. The third-order valence-electron chi connectivity index (χ3n) is 2.66. The number of hydrogen-bond acceptors (Lipinski definition) is 4. The predicted octanol–water partition coefficient (Wildman–Crippen LogP) is 2.43. The Bertz CT molecular complexity index is 347. The lowest BCUT2D eigenvalue weighted by molar-refractivity contribution is 0.877. The van der Waals surface area contributed by atoms with Gasteiger partial charge in [-0.25, -0.2) is 4.98 Å². The Morgan fingerprint density at radius 3 is 2.81 bits per heavy atom. The average molecular weight is 220 g/mol. The van der Waals surface area contributed by atoms with Gasteiger partial charge in [-0.15, -0.1) is 0 Å². The molecular formula is C12H20N4. The van der Waals surface area contributed by atoms with E-state index in [1.807, 2.05) is 13.0 Å². The van der Waals surface area contributed by atoms with Gasteiger partial charge in [-0.3, -0.25) is 0 Å². The molecule has 1 saturated carbocycles. The van der Waals surface area contributed by atoms with Gasteiger partial charge in [0, 0.05) is 24.8 Å². The van der Waals surface area contributed by atoms with E-state index in [9.17, 15) is 0 Å². The van der Waals surface area contributed by atoms with Gasteiger partial charge in [0.25, 0.3) is 0 Å². The molecule has 1 aliphatic carbocycles. The van der Waals surface area contributed by atoms with E-state index in [4.69, 9.17) is 0 Å². The van der Waals surface area contributed by atoms with E-state index >= 15 is 0 Å². The first kappa shape index (κ1) is 11.2. The van der Waals surface area contributed by atoms with Crippen LogP contribution in [0.2, 0.25) is 0 Å². The summed E-state index contributed by atoms with van der Waals surface area (Å²) in [6, 6.07) is 2.00. The van der Waals surface area contributed by atoms with Crippen molar-refractivity contribution in [3.8, 4) is 0 Å². The SMILES string of the molecule is CCCNc1nc(C)cc(NCC2CC2)n1. The molecule has 2 rings (SSSR count). The number of aryl methyl sites for hydroxylation is 1. The summed E-state index contributed by atoms with van der Waals surface area (Å²) in [5.74, 6) is 2.54. The van der Waals surface area contributed by atoms with Gasteiger partial charge in [-0.05, 0) is 32.1 Å². The van der Waals surface area contributed by atoms with Crippen LogP contribution in [-0.4, -0.2) is 23.1 Å². The zero-order valence-electron chi connectivity index (χ0n) is 10.1. The Hall–Kier alpha value is -1.32. The van der Waals surface area contributed by atoms with Crippen molar-refractivity contribution in [2.75, 3.05) is 23.7 Å². The summed E-state index contributed by atoms with van der Waals surface area (Å²) in [4.78, 5) is 8.79. The largest absolute Gasteiger partial charge is 0.370 e. The number of rotatable bonds is 6. The predicted molar refractivity (Wildman–Crippen MR) is 66.8 cm³/mol. The molecule has 4 heteroatoms. The number of nitrogens with zero attached hydrogens (tertiary/aromatic N) is 2. The van der Waals surface area contributed by atoms with Crippen LogP contribution in [-0.2, 0) is 0 Å². The van der Waals surface area contributed by atoms with Gasteiger partial charge in [0.2, 0.25) is 5.95 Å². The molecule has 1 heterocycles. The second-order valence-electron chi connectivity index (χ2n) is 4.47. The first-order valence-electron chi connectivity index (χ1n) is 6.11. The minimum absolute atomic E-state index is 0.736. The maximum absolute atomic E-state index is 4.44. The molecule has 1 fully saturated rings. The highest BCUT2D eigenvalue weighted by molar-refractivity contribution is 5.42. The summed E-state index contributed by atoms with van der Waals surface area (Å²) in [6.07, 6.45) is 3.80. The van der Waals surface area contributed by atoms with Gasteiger partial charge in [-0.1, -0.05) is 6.92 Å². The molecule has 0 spiro atoms. The van der Waals surface area contributed by atoms with Gasteiger partial charge < -0.3 is 10.6 Å². The summed E-state index contributed by atoms with van der Waals surface area (Å²) in [7, 11) is 0. The van der Waals surface area contributed by atoms with Crippen LogP contribution in [0.25, 0.3) is 0 Å². The first-order valence-corrected chi connectivity index (χ1v) is 6.11. The van der Waals surface area contributed by atoms with Crippen molar-refractivity contribution in [3.63, 3.8) is 0 Å². The highest BCUT2D eigenvalue weighted by Crippen LogP contribution is 2.28. The quantitative estimate of drug-likeness (QED) is 0.773. The van der Waals surface area contributed by atoms with E-state index < -0.39 is 0 Å². The van der Waals surface area contributed by atoms with E-state index in [0.29, 0.717) is 0 Å². The maximum atomic E-state index is 4.44. The molecule has 4 nitrogen and oxygen atoms in total. The van der Waals surface area contributed by atoms with Crippen LogP contribution in [0.5, 0.6) is 0 Å². The molecule has 1 aliphatic rings. The van der Waals surface area contributed by atoms with E-state index in [0.717, 1.165) is 42.9 Å². The lowest BCUT2D eigenvalue weighted by Crippen LogP contribution is -2.10. The Balaban J connectivity index is 1.96. The third-order valence-corrected chi connectivity index (χ3v) is 2.66. The number of anilines is 2. The fourth-order valence-electron chi connectivity index (χ4n) is 1.55. The highest BCUT2D eigenvalue weighted by atomic mass is 15.1. The molecule has 0 amide bonds. The van der Waals surface area contributed by atoms with Gasteiger partial charge in [0.15, 0.2) is 0 Å². The zero-order chi connectivity index (χ0) is 11.4. The van der Waals surface area contributed by atoms with E-state index in [1.54, 1.807) is 0 Å². The van der Waals surface area contributed by atoms with E-state index in [-0.39, 0.29) is 0 Å². The zero-order valence-corrected chi connectivity index (χ0v) is 10.1.